The molecule has 9 nitrogen and oxygen atoms in total. The Morgan fingerprint density at radius 2 is 2.00 bits per heavy atom. The van der Waals surface area contributed by atoms with Gasteiger partial charge >= 0.3 is 0 Å². The Kier molecular flexibility index (Phi) is 5.55. The molecule has 3 aromatic heterocycles. The molecule has 0 aliphatic rings. The number of nitrogens with one attached hydrogen (secondary N) is 1. The van der Waals surface area contributed by atoms with Crippen LogP contribution in [0.4, 0.5) is 5.69 Å². The Bertz CT molecular complexity index is 1010. The Hall–Kier alpha value is -3.07. The van der Waals surface area contributed by atoms with Gasteiger partial charge in [-0.05, 0) is 31.9 Å². The number of pyridine rings is 1. The van der Waals surface area contributed by atoms with Gasteiger partial charge < -0.3 is 14.5 Å². The van der Waals surface area contributed by atoms with Crippen molar-refractivity contribution in [2.45, 2.75) is 39.2 Å². The number of hydrogen-bond donors (Lipinski definition) is 1. The molecule has 0 saturated carbocycles. The highest BCUT2D eigenvalue weighted by Crippen LogP contribution is 2.24. The maximum Gasteiger partial charge on any atom is 0.277 e. The number of ketones is 1. The minimum absolute atomic E-state index is 0.113. The fraction of sp³-hybridized carbons (Fsp3) is 0.421. The normalized spacial score (nSPS) is 13.4. The molecule has 0 aliphatic carbocycles. The minimum Gasteiger partial charge on any atom is -0.385 e. The van der Waals surface area contributed by atoms with Crippen LogP contribution in [-0.4, -0.2) is 49.8 Å². The monoisotopic (exact) mass is 384 g/mol. The first-order valence-electron chi connectivity index (χ1n) is 9.09. The van der Waals surface area contributed by atoms with Crippen LogP contribution in [0, 0.1) is 0 Å². The quantitative estimate of drug-likeness (QED) is 0.599. The zero-order valence-corrected chi connectivity index (χ0v) is 16.5. The number of amides is 1. The third-order valence-electron chi connectivity index (χ3n) is 4.96. The highest BCUT2D eigenvalue weighted by molar-refractivity contribution is 6.02. The fourth-order valence-electron chi connectivity index (χ4n) is 2.84. The van der Waals surface area contributed by atoms with Crippen LogP contribution in [0.1, 0.15) is 54.6 Å². The van der Waals surface area contributed by atoms with Crippen molar-refractivity contribution in [1.82, 2.24) is 24.4 Å². The van der Waals surface area contributed by atoms with E-state index in [4.69, 9.17) is 4.74 Å². The maximum absolute atomic E-state index is 12.6. The minimum atomic E-state index is -0.359. The first kappa shape index (κ1) is 19.7. The van der Waals surface area contributed by atoms with Crippen molar-refractivity contribution in [3.05, 3.63) is 42.1 Å². The number of Topliss-reactive ketones (excluding diaryl/α,β-unsaturated/α-hetero) is 1. The lowest BCUT2D eigenvalue weighted by Crippen LogP contribution is -2.31. The highest BCUT2D eigenvalue weighted by Gasteiger charge is 2.26. The lowest BCUT2D eigenvalue weighted by Gasteiger charge is -2.27. The Morgan fingerprint density at radius 3 is 2.68 bits per heavy atom. The molecule has 1 N–H and O–H groups in total. The smallest absolute Gasteiger partial charge is 0.277 e. The summed E-state index contributed by atoms with van der Waals surface area (Å²) in [5.74, 6) is -0.471. The van der Waals surface area contributed by atoms with E-state index >= 15 is 0 Å². The first-order chi connectivity index (χ1) is 13.4. The summed E-state index contributed by atoms with van der Waals surface area (Å²) in [5.41, 5.74) is 1.53. The molecule has 1 amide bonds. The predicted octanol–water partition coefficient (Wildman–Crippen LogP) is 2.54. The van der Waals surface area contributed by atoms with Crippen LogP contribution in [0.3, 0.4) is 0 Å². The van der Waals surface area contributed by atoms with Crippen LogP contribution in [0.2, 0.25) is 0 Å². The molecule has 148 valence electrons. The van der Waals surface area contributed by atoms with E-state index < -0.39 is 0 Å². The van der Waals surface area contributed by atoms with Crippen molar-refractivity contribution in [2.75, 3.05) is 19.0 Å². The molecule has 0 saturated heterocycles. The number of methoxy groups -OCH3 is 1. The van der Waals surface area contributed by atoms with Gasteiger partial charge in [0.05, 0.1) is 17.4 Å². The summed E-state index contributed by atoms with van der Waals surface area (Å²) in [6.07, 6.45) is 6.58. The summed E-state index contributed by atoms with van der Waals surface area (Å²) in [6.45, 7) is 6.18. The molecule has 28 heavy (non-hydrogen) atoms. The SMILES string of the molecule is CCC(C)(CCOC)n1cc(C(=O)Nc2ccc3nc(C(C)=O)cn3c2)nn1. The second kappa shape index (κ2) is 7.89. The molecule has 0 fully saturated rings. The number of carbonyl (C=O) groups excluding carboxylic acids is 2. The van der Waals surface area contributed by atoms with Gasteiger partial charge in [-0.3, -0.25) is 9.59 Å². The summed E-state index contributed by atoms with van der Waals surface area (Å²) in [4.78, 5) is 28.3. The number of carbonyl (C=O) groups is 2. The number of anilines is 1. The molecule has 1 atom stereocenters. The summed E-state index contributed by atoms with van der Waals surface area (Å²) in [7, 11) is 1.66. The highest BCUT2D eigenvalue weighted by atomic mass is 16.5. The predicted molar refractivity (Wildman–Crippen MR) is 104 cm³/mol. The Labute approximate surface area is 162 Å². The van der Waals surface area contributed by atoms with E-state index in [9.17, 15) is 9.59 Å². The van der Waals surface area contributed by atoms with Crippen LogP contribution in [-0.2, 0) is 10.3 Å². The number of aromatic nitrogens is 5. The van der Waals surface area contributed by atoms with Gasteiger partial charge in [-0.15, -0.1) is 5.10 Å². The largest absolute Gasteiger partial charge is 0.385 e. The van der Waals surface area contributed by atoms with Gasteiger partial charge in [-0.1, -0.05) is 12.1 Å². The average molecular weight is 384 g/mol. The summed E-state index contributed by atoms with van der Waals surface area (Å²) < 4.78 is 8.59. The van der Waals surface area contributed by atoms with Crippen LogP contribution < -0.4 is 5.32 Å². The zero-order chi connectivity index (χ0) is 20.3. The molecule has 0 aromatic carbocycles. The number of nitrogens with zero attached hydrogens (tertiary/aromatic N) is 5. The summed E-state index contributed by atoms with van der Waals surface area (Å²) >= 11 is 0. The second-order valence-corrected chi connectivity index (χ2v) is 6.96. The molecule has 0 aliphatic heterocycles. The molecule has 1 unspecified atom stereocenters. The lowest BCUT2D eigenvalue weighted by molar-refractivity contribution is 0.100. The first-order valence-corrected chi connectivity index (χ1v) is 9.09. The van der Waals surface area contributed by atoms with E-state index in [0.29, 0.717) is 23.6 Å². The molecular weight excluding hydrogens is 360 g/mol. The molecule has 9 heteroatoms. The summed E-state index contributed by atoms with van der Waals surface area (Å²) in [6, 6.07) is 3.46. The molecule has 3 aromatic rings. The van der Waals surface area contributed by atoms with Crippen LogP contribution in [0.15, 0.2) is 30.7 Å². The third-order valence-corrected chi connectivity index (χ3v) is 4.96. The van der Waals surface area contributed by atoms with E-state index in [1.807, 2.05) is 0 Å². The Morgan fingerprint density at radius 1 is 1.21 bits per heavy atom. The van der Waals surface area contributed by atoms with Crippen molar-refractivity contribution < 1.29 is 14.3 Å². The lowest BCUT2D eigenvalue weighted by atomic mass is 9.95. The van der Waals surface area contributed by atoms with E-state index in [0.717, 1.165) is 12.8 Å². The van der Waals surface area contributed by atoms with Crippen molar-refractivity contribution in [1.29, 1.82) is 0 Å². The number of rotatable bonds is 8. The van der Waals surface area contributed by atoms with Crippen molar-refractivity contribution in [2.24, 2.45) is 0 Å². The molecule has 0 spiro atoms. The van der Waals surface area contributed by atoms with E-state index in [2.05, 4.69) is 34.5 Å². The van der Waals surface area contributed by atoms with E-state index in [1.165, 1.54) is 6.92 Å². The van der Waals surface area contributed by atoms with Gasteiger partial charge in [0.1, 0.15) is 11.3 Å². The van der Waals surface area contributed by atoms with Gasteiger partial charge in [-0.2, -0.15) is 0 Å². The van der Waals surface area contributed by atoms with Gasteiger partial charge in [0, 0.05) is 33.0 Å². The molecular formula is C19H24N6O3. The zero-order valence-electron chi connectivity index (χ0n) is 16.5. The average Bonchev–Trinajstić information content (AvgIpc) is 3.33. The third kappa shape index (κ3) is 3.94. The van der Waals surface area contributed by atoms with Gasteiger partial charge in [-0.25, -0.2) is 9.67 Å². The molecule has 0 radical (unpaired) electrons. The number of ether oxygens (including phenoxy) is 1. The topological polar surface area (TPSA) is 103 Å². The standard InChI is InChI=1S/C19H24N6O3/c1-5-19(3,8-9-28-4)25-12-16(22-23-25)18(27)20-14-6-7-17-21-15(13(2)26)11-24(17)10-14/h6-7,10-12H,5,8-9H2,1-4H3,(H,20,27). The van der Waals surface area contributed by atoms with Crippen LogP contribution in [0.25, 0.3) is 5.65 Å². The van der Waals surface area contributed by atoms with Gasteiger partial charge in [0.2, 0.25) is 0 Å². The summed E-state index contributed by atoms with van der Waals surface area (Å²) in [5, 5.41) is 11.0. The van der Waals surface area contributed by atoms with E-state index in [-0.39, 0.29) is 22.9 Å². The molecule has 3 heterocycles. The van der Waals surface area contributed by atoms with Crippen molar-refractivity contribution in [3.63, 3.8) is 0 Å². The van der Waals surface area contributed by atoms with Crippen molar-refractivity contribution >= 4 is 23.0 Å². The Balaban J connectivity index is 1.77. The van der Waals surface area contributed by atoms with Crippen LogP contribution >= 0.6 is 0 Å². The number of imidazole rings is 1. The maximum atomic E-state index is 12.6. The van der Waals surface area contributed by atoms with Gasteiger partial charge in [0.15, 0.2) is 11.5 Å². The number of hydrogen-bond acceptors (Lipinski definition) is 6. The van der Waals surface area contributed by atoms with Crippen molar-refractivity contribution in [3.8, 4) is 0 Å². The fourth-order valence-corrected chi connectivity index (χ4v) is 2.84. The second-order valence-electron chi connectivity index (χ2n) is 6.96. The number of fused-ring (bicyclic) bond motifs is 1. The molecule has 3 rings (SSSR count). The molecule has 0 bridgehead atoms. The van der Waals surface area contributed by atoms with Crippen LogP contribution in [0.5, 0.6) is 0 Å². The van der Waals surface area contributed by atoms with E-state index in [1.54, 1.807) is 46.9 Å². The van der Waals surface area contributed by atoms with Gasteiger partial charge in [0.25, 0.3) is 5.91 Å².